The lowest BCUT2D eigenvalue weighted by Gasteiger charge is -1.91. The largest absolute Gasteiger partial charge is 1.00 e. The van der Waals surface area contributed by atoms with Gasteiger partial charge in [0.25, 0.3) is 0 Å². The lowest BCUT2D eigenvalue weighted by atomic mass is 10.2. The molecular weight excluding hydrogens is 311 g/mol. The minimum Gasteiger partial charge on any atom is -1.00 e. The average molecular weight is 324 g/mol. The maximum Gasteiger partial charge on any atom is 0.202 e. The molecule has 0 aliphatic carbocycles. The highest BCUT2D eigenvalue weighted by Crippen LogP contribution is 1.99. The third-order valence-electron chi connectivity index (χ3n) is 2.12. The van der Waals surface area contributed by atoms with Crippen LogP contribution >= 0.6 is 0 Å². The molecule has 3 heteroatoms. The van der Waals surface area contributed by atoms with Crippen LogP contribution in [0.2, 0.25) is 0 Å². The molecule has 1 aromatic heterocycles. The average Bonchev–Trinajstić information content (AvgIpc) is 2.30. The molecule has 0 radical (unpaired) electrons. The smallest absolute Gasteiger partial charge is 0.202 e. The van der Waals surface area contributed by atoms with Crippen LogP contribution in [-0.4, -0.2) is 6.21 Å². The van der Waals surface area contributed by atoms with Crippen molar-refractivity contribution in [2.75, 3.05) is 0 Å². The van der Waals surface area contributed by atoms with Gasteiger partial charge in [0.1, 0.15) is 6.21 Å². The first-order valence-corrected chi connectivity index (χ1v) is 4.92. The summed E-state index contributed by atoms with van der Waals surface area (Å²) in [7, 11) is 0. The first kappa shape index (κ1) is 12.8. The number of halogens is 1. The Kier molecular flexibility index (Phi) is 5.11. The van der Waals surface area contributed by atoms with E-state index < -0.39 is 0 Å². The van der Waals surface area contributed by atoms with Gasteiger partial charge in [-0.2, -0.15) is 0 Å². The van der Waals surface area contributed by atoms with Gasteiger partial charge in [0.15, 0.2) is 0 Å². The van der Waals surface area contributed by atoms with Crippen LogP contribution in [0, 0.1) is 6.92 Å². The van der Waals surface area contributed by atoms with Crippen LogP contribution < -0.4 is 28.7 Å². The molecule has 0 saturated heterocycles. The summed E-state index contributed by atoms with van der Waals surface area (Å²) < 4.78 is 1.78. The van der Waals surface area contributed by atoms with Crippen molar-refractivity contribution in [2.24, 2.45) is 5.10 Å². The third-order valence-corrected chi connectivity index (χ3v) is 2.12. The molecule has 2 rings (SSSR count). The van der Waals surface area contributed by atoms with Crippen molar-refractivity contribution in [3.05, 3.63) is 66.0 Å². The van der Waals surface area contributed by atoms with E-state index in [1.165, 1.54) is 5.56 Å². The van der Waals surface area contributed by atoms with Gasteiger partial charge in [-0.1, -0.05) is 40.6 Å². The Morgan fingerprint density at radius 2 is 1.62 bits per heavy atom. The molecule has 2 aromatic rings. The molecule has 0 fully saturated rings. The molecule has 2 nitrogen and oxygen atoms in total. The van der Waals surface area contributed by atoms with E-state index in [4.69, 9.17) is 0 Å². The second kappa shape index (κ2) is 6.37. The fraction of sp³-hybridized carbons (Fsp3) is 0.0769. The van der Waals surface area contributed by atoms with E-state index in [1.807, 2.05) is 36.8 Å². The van der Waals surface area contributed by atoms with Crippen LogP contribution in [0.15, 0.2) is 60.0 Å². The maximum absolute atomic E-state index is 4.30. The number of rotatable bonds is 2. The van der Waals surface area contributed by atoms with E-state index in [2.05, 4.69) is 36.3 Å². The van der Waals surface area contributed by atoms with Crippen molar-refractivity contribution >= 4 is 6.21 Å². The highest BCUT2D eigenvalue weighted by atomic mass is 127. The normalized spacial score (nSPS) is 10.1. The predicted molar refractivity (Wildman–Crippen MR) is 60.8 cm³/mol. The van der Waals surface area contributed by atoms with Gasteiger partial charge in [-0.3, -0.25) is 0 Å². The molecule has 0 amide bonds. The molecular formula is C13H13IN2. The zero-order chi connectivity index (χ0) is 10.5. The number of hydrogen-bond donors (Lipinski definition) is 0. The Morgan fingerprint density at radius 1 is 1.00 bits per heavy atom. The first-order valence-electron chi connectivity index (χ1n) is 4.92. The topological polar surface area (TPSA) is 16.2 Å². The maximum atomic E-state index is 4.30. The van der Waals surface area contributed by atoms with E-state index in [9.17, 15) is 0 Å². The minimum absolute atomic E-state index is 0. The van der Waals surface area contributed by atoms with Crippen molar-refractivity contribution < 1.29 is 28.7 Å². The molecule has 16 heavy (non-hydrogen) atoms. The third kappa shape index (κ3) is 3.73. The lowest BCUT2D eigenvalue weighted by Crippen LogP contribution is -3.00. The van der Waals surface area contributed by atoms with Crippen LogP contribution in [0.5, 0.6) is 0 Å². The summed E-state index contributed by atoms with van der Waals surface area (Å²) in [4.78, 5) is 0. The fourth-order valence-corrected chi connectivity index (χ4v) is 1.25. The quantitative estimate of drug-likeness (QED) is 0.390. The number of aromatic nitrogens is 1. The standard InChI is InChI=1S/C13H13N2.HI/c1-12-5-7-13(8-6-12)11-14-15-9-3-2-4-10-15;/h2-11H,1H3;1H/q+1;/p-1/b14-11+;. The van der Waals surface area contributed by atoms with E-state index in [-0.39, 0.29) is 24.0 Å². The number of hydrogen-bond acceptors (Lipinski definition) is 1. The van der Waals surface area contributed by atoms with Crippen LogP contribution in [-0.2, 0) is 0 Å². The molecule has 0 atom stereocenters. The van der Waals surface area contributed by atoms with Gasteiger partial charge in [-0.05, 0) is 17.6 Å². The summed E-state index contributed by atoms with van der Waals surface area (Å²) in [6, 6.07) is 14.1. The van der Waals surface area contributed by atoms with Gasteiger partial charge < -0.3 is 24.0 Å². The second-order valence-electron chi connectivity index (χ2n) is 3.41. The molecule has 1 aromatic carbocycles. The Bertz CT molecular complexity index is 449. The van der Waals surface area contributed by atoms with Crippen LogP contribution in [0.1, 0.15) is 11.1 Å². The summed E-state index contributed by atoms with van der Waals surface area (Å²) in [5.41, 5.74) is 2.37. The SMILES string of the molecule is Cc1ccc(/C=N/[n+]2ccccc2)cc1.[I-]. The van der Waals surface area contributed by atoms with E-state index >= 15 is 0 Å². The summed E-state index contributed by atoms with van der Waals surface area (Å²) in [5, 5.41) is 4.30. The Balaban J connectivity index is 0.00000128. The zero-order valence-corrected chi connectivity index (χ0v) is 11.2. The number of aryl methyl sites for hydroxylation is 1. The minimum atomic E-state index is 0. The van der Waals surface area contributed by atoms with Crippen molar-refractivity contribution in [1.29, 1.82) is 0 Å². The van der Waals surface area contributed by atoms with E-state index in [0.717, 1.165) is 5.56 Å². The highest BCUT2D eigenvalue weighted by molar-refractivity contribution is 5.78. The van der Waals surface area contributed by atoms with Crippen LogP contribution in [0.25, 0.3) is 0 Å². The summed E-state index contributed by atoms with van der Waals surface area (Å²) >= 11 is 0. The number of benzene rings is 1. The van der Waals surface area contributed by atoms with Crippen molar-refractivity contribution in [3.8, 4) is 0 Å². The van der Waals surface area contributed by atoms with Crippen molar-refractivity contribution in [2.45, 2.75) is 6.92 Å². The monoisotopic (exact) mass is 324 g/mol. The Labute approximate surface area is 113 Å². The zero-order valence-electron chi connectivity index (χ0n) is 9.05. The van der Waals surface area contributed by atoms with Gasteiger partial charge in [-0.15, -0.1) is 0 Å². The first-order chi connectivity index (χ1) is 7.34. The van der Waals surface area contributed by atoms with Gasteiger partial charge in [-0.25, -0.2) is 0 Å². The van der Waals surface area contributed by atoms with Crippen molar-refractivity contribution in [3.63, 3.8) is 0 Å². The van der Waals surface area contributed by atoms with Gasteiger partial charge in [0.05, 0.1) is 0 Å². The molecule has 0 aliphatic rings. The molecule has 0 saturated carbocycles. The molecule has 0 unspecified atom stereocenters. The van der Waals surface area contributed by atoms with Crippen LogP contribution in [0.3, 0.4) is 0 Å². The molecule has 0 aliphatic heterocycles. The van der Waals surface area contributed by atoms with Gasteiger partial charge >= 0.3 is 0 Å². The van der Waals surface area contributed by atoms with Crippen molar-refractivity contribution in [1.82, 2.24) is 0 Å². The van der Waals surface area contributed by atoms with E-state index in [0.29, 0.717) is 0 Å². The molecule has 0 bridgehead atoms. The number of pyridine rings is 1. The summed E-state index contributed by atoms with van der Waals surface area (Å²) in [5.74, 6) is 0. The number of nitrogens with zero attached hydrogens (tertiary/aromatic N) is 2. The van der Waals surface area contributed by atoms with E-state index in [1.54, 1.807) is 4.68 Å². The summed E-state index contributed by atoms with van der Waals surface area (Å²) in [6.45, 7) is 2.08. The van der Waals surface area contributed by atoms with Gasteiger partial charge in [0.2, 0.25) is 12.4 Å². The summed E-state index contributed by atoms with van der Waals surface area (Å²) in [6.07, 6.45) is 5.66. The molecule has 0 N–H and O–H groups in total. The fourth-order valence-electron chi connectivity index (χ4n) is 1.25. The van der Waals surface area contributed by atoms with Gasteiger partial charge in [0, 0.05) is 12.1 Å². The molecule has 1 heterocycles. The second-order valence-corrected chi connectivity index (χ2v) is 3.41. The Hall–Kier alpha value is -1.23. The molecule has 0 spiro atoms. The molecule has 82 valence electrons. The van der Waals surface area contributed by atoms with Crippen LogP contribution in [0.4, 0.5) is 0 Å². The lowest BCUT2D eigenvalue weighted by molar-refractivity contribution is -0.678. The predicted octanol–water partition coefficient (Wildman–Crippen LogP) is -0.831. The Morgan fingerprint density at radius 3 is 2.25 bits per heavy atom. The highest BCUT2D eigenvalue weighted by Gasteiger charge is 1.92.